The molecule has 0 heterocycles. The van der Waals surface area contributed by atoms with Gasteiger partial charge in [0.25, 0.3) is 0 Å². The molecule has 1 aromatic rings. The first kappa shape index (κ1) is 17.2. The Kier molecular flexibility index (Phi) is 9.35. The van der Waals surface area contributed by atoms with E-state index in [0.29, 0.717) is 0 Å². The molecule has 0 spiro atoms. The molecule has 1 aromatic carbocycles. The van der Waals surface area contributed by atoms with Gasteiger partial charge >= 0.3 is 0 Å². The summed E-state index contributed by atoms with van der Waals surface area (Å²) < 4.78 is 5.09. The van der Waals surface area contributed by atoms with E-state index in [-0.39, 0.29) is 0 Å². The fourth-order valence-electron chi connectivity index (χ4n) is 2.50. The third-order valence-electron chi connectivity index (χ3n) is 3.78. The highest BCUT2D eigenvalue weighted by Gasteiger charge is 2.09. The van der Waals surface area contributed by atoms with Crippen molar-refractivity contribution in [1.82, 2.24) is 5.32 Å². The molecule has 2 heteroatoms. The summed E-state index contributed by atoms with van der Waals surface area (Å²) in [5, 5.41) is 3.52. The quantitative estimate of drug-likeness (QED) is 0.618. The van der Waals surface area contributed by atoms with Crippen molar-refractivity contribution in [2.75, 3.05) is 26.8 Å². The Bertz CT molecular complexity index is 334. The van der Waals surface area contributed by atoms with E-state index >= 15 is 0 Å². The molecule has 2 nitrogen and oxygen atoms in total. The van der Waals surface area contributed by atoms with Crippen LogP contribution in [0.4, 0.5) is 0 Å². The molecule has 1 N–H and O–H groups in total. The molecule has 0 aliphatic carbocycles. The van der Waals surface area contributed by atoms with Crippen molar-refractivity contribution in [2.45, 2.75) is 46.0 Å². The summed E-state index contributed by atoms with van der Waals surface area (Å²) in [6.45, 7) is 7.27. The van der Waals surface area contributed by atoms with Crippen molar-refractivity contribution in [3.8, 4) is 0 Å². The van der Waals surface area contributed by atoms with Gasteiger partial charge in [-0.05, 0) is 37.8 Å². The Hall–Kier alpha value is -0.860. The minimum Gasteiger partial charge on any atom is -0.383 e. The smallest absolute Gasteiger partial charge is 0.0587 e. The lowest BCUT2D eigenvalue weighted by atomic mass is 9.93. The maximum absolute atomic E-state index is 5.09. The first-order chi connectivity index (χ1) is 9.76. The van der Waals surface area contributed by atoms with Crippen LogP contribution in [0.15, 0.2) is 24.3 Å². The van der Waals surface area contributed by atoms with Crippen LogP contribution in [0.25, 0.3) is 0 Å². The maximum Gasteiger partial charge on any atom is 0.0587 e. The fraction of sp³-hybridized carbons (Fsp3) is 0.667. The lowest BCUT2D eigenvalue weighted by Gasteiger charge is -2.18. The van der Waals surface area contributed by atoms with Gasteiger partial charge in [-0.25, -0.2) is 0 Å². The number of hydrogen-bond donors (Lipinski definition) is 1. The average molecular weight is 277 g/mol. The molecule has 1 atom stereocenters. The highest BCUT2D eigenvalue weighted by atomic mass is 16.5. The third-order valence-corrected chi connectivity index (χ3v) is 3.78. The van der Waals surface area contributed by atoms with E-state index in [4.69, 9.17) is 4.74 Å². The van der Waals surface area contributed by atoms with E-state index in [2.05, 4.69) is 43.4 Å². The molecule has 0 saturated carbocycles. The molecule has 0 saturated heterocycles. The Labute approximate surface area is 124 Å². The van der Waals surface area contributed by atoms with Crippen molar-refractivity contribution >= 4 is 0 Å². The van der Waals surface area contributed by atoms with E-state index in [1.807, 2.05) is 0 Å². The largest absolute Gasteiger partial charge is 0.383 e. The predicted octanol–water partition coefficient (Wildman–Crippen LogP) is 3.97. The molecular formula is C18H31NO. The molecular weight excluding hydrogens is 246 g/mol. The zero-order valence-corrected chi connectivity index (χ0v) is 13.5. The Morgan fingerprint density at radius 1 is 1.15 bits per heavy atom. The van der Waals surface area contributed by atoms with Crippen LogP contribution in [0.1, 0.15) is 43.7 Å². The Balaban J connectivity index is 2.41. The third kappa shape index (κ3) is 7.66. The second-order valence-electron chi connectivity index (χ2n) is 5.75. The standard InChI is InChI=1S/C18H31NO/c1-4-5-6-7-18(15-19-12-13-20-3)14-17-10-8-16(2)9-11-17/h8-11,18-19H,4-7,12-15H2,1-3H3. The fourth-order valence-corrected chi connectivity index (χ4v) is 2.50. The van der Waals surface area contributed by atoms with Crippen molar-refractivity contribution in [3.05, 3.63) is 35.4 Å². The van der Waals surface area contributed by atoms with Crippen LogP contribution in [0.2, 0.25) is 0 Å². The van der Waals surface area contributed by atoms with E-state index in [1.54, 1.807) is 7.11 Å². The van der Waals surface area contributed by atoms with Crippen LogP contribution in [0, 0.1) is 12.8 Å². The molecule has 0 aromatic heterocycles. The lowest BCUT2D eigenvalue weighted by Crippen LogP contribution is -2.27. The van der Waals surface area contributed by atoms with Gasteiger partial charge in [0.15, 0.2) is 0 Å². The minimum atomic E-state index is 0.737. The predicted molar refractivity (Wildman–Crippen MR) is 87.3 cm³/mol. The summed E-state index contributed by atoms with van der Waals surface area (Å²) in [6.07, 6.45) is 6.50. The topological polar surface area (TPSA) is 21.3 Å². The Morgan fingerprint density at radius 2 is 1.90 bits per heavy atom. The van der Waals surface area contributed by atoms with Crippen LogP contribution < -0.4 is 5.32 Å². The molecule has 114 valence electrons. The van der Waals surface area contributed by atoms with Gasteiger partial charge in [0, 0.05) is 13.7 Å². The van der Waals surface area contributed by atoms with Crippen molar-refractivity contribution in [3.63, 3.8) is 0 Å². The second kappa shape index (κ2) is 10.9. The molecule has 0 bridgehead atoms. The normalized spacial score (nSPS) is 12.6. The highest BCUT2D eigenvalue weighted by molar-refractivity contribution is 5.21. The number of benzene rings is 1. The zero-order valence-electron chi connectivity index (χ0n) is 13.5. The van der Waals surface area contributed by atoms with Gasteiger partial charge in [-0.15, -0.1) is 0 Å². The van der Waals surface area contributed by atoms with E-state index in [1.165, 1.54) is 43.2 Å². The summed E-state index contributed by atoms with van der Waals surface area (Å²) in [4.78, 5) is 0. The molecule has 0 amide bonds. The average Bonchev–Trinajstić information content (AvgIpc) is 2.46. The van der Waals surface area contributed by atoms with Gasteiger partial charge in [0.05, 0.1) is 6.61 Å². The highest BCUT2D eigenvalue weighted by Crippen LogP contribution is 2.16. The van der Waals surface area contributed by atoms with E-state index in [0.717, 1.165) is 25.6 Å². The SMILES string of the molecule is CCCCCC(CNCCOC)Cc1ccc(C)cc1. The van der Waals surface area contributed by atoms with Gasteiger partial charge in [-0.1, -0.05) is 56.0 Å². The summed E-state index contributed by atoms with van der Waals surface area (Å²) in [5.41, 5.74) is 2.81. The molecule has 0 aliphatic rings. The second-order valence-corrected chi connectivity index (χ2v) is 5.75. The van der Waals surface area contributed by atoms with Crippen LogP contribution in [-0.4, -0.2) is 26.8 Å². The maximum atomic E-state index is 5.09. The minimum absolute atomic E-state index is 0.737. The number of nitrogens with one attached hydrogen (secondary N) is 1. The first-order valence-corrected chi connectivity index (χ1v) is 8.01. The molecule has 0 aliphatic heterocycles. The van der Waals surface area contributed by atoms with Crippen LogP contribution >= 0.6 is 0 Å². The molecule has 1 unspecified atom stereocenters. The van der Waals surface area contributed by atoms with Crippen LogP contribution in [-0.2, 0) is 11.2 Å². The molecule has 1 rings (SSSR count). The van der Waals surface area contributed by atoms with Crippen LogP contribution in [0.5, 0.6) is 0 Å². The summed E-state index contributed by atoms with van der Waals surface area (Å²) in [7, 11) is 1.76. The molecule has 0 fully saturated rings. The lowest BCUT2D eigenvalue weighted by molar-refractivity contribution is 0.197. The number of unbranched alkanes of at least 4 members (excludes halogenated alkanes) is 2. The van der Waals surface area contributed by atoms with Gasteiger partial charge < -0.3 is 10.1 Å². The van der Waals surface area contributed by atoms with Crippen molar-refractivity contribution < 1.29 is 4.74 Å². The number of ether oxygens (including phenoxy) is 1. The number of rotatable bonds is 11. The van der Waals surface area contributed by atoms with Crippen LogP contribution in [0.3, 0.4) is 0 Å². The summed E-state index contributed by atoms with van der Waals surface area (Å²) in [6, 6.07) is 8.99. The van der Waals surface area contributed by atoms with Gasteiger partial charge in [0.1, 0.15) is 0 Å². The number of aryl methyl sites for hydroxylation is 1. The molecule has 20 heavy (non-hydrogen) atoms. The van der Waals surface area contributed by atoms with Gasteiger partial charge in [-0.2, -0.15) is 0 Å². The van der Waals surface area contributed by atoms with Crippen molar-refractivity contribution in [1.29, 1.82) is 0 Å². The number of hydrogen-bond acceptors (Lipinski definition) is 2. The van der Waals surface area contributed by atoms with Crippen molar-refractivity contribution in [2.24, 2.45) is 5.92 Å². The molecule has 0 radical (unpaired) electrons. The number of methoxy groups -OCH3 is 1. The van der Waals surface area contributed by atoms with Gasteiger partial charge in [0.2, 0.25) is 0 Å². The monoisotopic (exact) mass is 277 g/mol. The summed E-state index contributed by atoms with van der Waals surface area (Å²) >= 11 is 0. The Morgan fingerprint density at radius 3 is 2.55 bits per heavy atom. The summed E-state index contributed by atoms with van der Waals surface area (Å²) in [5.74, 6) is 0.737. The first-order valence-electron chi connectivity index (χ1n) is 8.01. The van der Waals surface area contributed by atoms with Gasteiger partial charge in [-0.3, -0.25) is 0 Å². The van der Waals surface area contributed by atoms with E-state index < -0.39 is 0 Å². The zero-order chi connectivity index (χ0) is 14.6. The van der Waals surface area contributed by atoms with E-state index in [9.17, 15) is 0 Å².